The van der Waals surface area contributed by atoms with Gasteiger partial charge in [-0.3, -0.25) is 0 Å². The zero-order chi connectivity index (χ0) is 34.6. The van der Waals surface area contributed by atoms with E-state index in [2.05, 4.69) is 103 Å². The second-order valence-electron chi connectivity index (χ2n) is 15.5. The molecule has 1 aromatic heterocycles. The van der Waals surface area contributed by atoms with E-state index in [-0.39, 0.29) is 0 Å². The summed E-state index contributed by atoms with van der Waals surface area (Å²) in [4.78, 5) is 15.4. The molecule has 4 nitrogen and oxygen atoms in total. The number of nitriles is 1. The van der Waals surface area contributed by atoms with Gasteiger partial charge in [0.25, 0.3) is 0 Å². The molecule has 0 amide bonds. The Morgan fingerprint density at radius 2 is 0.942 bits per heavy atom. The van der Waals surface area contributed by atoms with Crippen LogP contribution < -0.4 is 0 Å². The van der Waals surface area contributed by atoms with Crippen molar-refractivity contribution in [2.45, 2.75) is 43.9 Å². The number of hydrogen-bond donors (Lipinski definition) is 0. The zero-order valence-corrected chi connectivity index (χ0v) is 29.0. The minimum absolute atomic E-state index is 0.345. The van der Waals surface area contributed by atoms with Crippen molar-refractivity contribution in [1.82, 2.24) is 15.0 Å². The van der Waals surface area contributed by atoms with E-state index in [0.29, 0.717) is 28.5 Å². The summed E-state index contributed by atoms with van der Waals surface area (Å²) in [6.07, 6.45) is 8.39. The number of rotatable bonds is 6. The lowest BCUT2D eigenvalue weighted by atomic mass is 9.48. The Morgan fingerprint density at radius 1 is 0.442 bits per heavy atom. The highest BCUT2D eigenvalue weighted by atomic mass is 15.0. The van der Waals surface area contributed by atoms with E-state index in [1.807, 2.05) is 42.5 Å². The molecule has 4 heteroatoms. The van der Waals surface area contributed by atoms with Gasteiger partial charge in [-0.05, 0) is 137 Å². The highest BCUT2D eigenvalue weighted by Crippen LogP contribution is 2.60. The van der Waals surface area contributed by atoms with Gasteiger partial charge in [0.1, 0.15) is 0 Å². The number of benzene rings is 6. The smallest absolute Gasteiger partial charge is 0.164 e. The van der Waals surface area contributed by atoms with Crippen LogP contribution in [0, 0.1) is 29.1 Å². The van der Waals surface area contributed by atoms with Gasteiger partial charge in [-0.2, -0.15) is 5.26 Å². The Labute approximate surface area is 304 Å². The van der Waals surface area contributed by atoms with Crippen LogP contribution in [-0.4, -0.2) is 15.0 Å². The van der Waals surface area contributed by atoms with E-state index in [1.165, 1.54) is 54.9 Å². The molecule has 0 unspecified atom stereocenters. The van der Waals surface area contributed by atoms with Gasteiger partial charge >= 0.3 is 0 Å². The summed E-state index contributed by atoms with van der Waals surface area (Å²) in [5, 5.41) is 11.9. The fourth-order valence-corrected chi connectivity index (χ4v) is 9.98. The predicted molar refractivity (Wildman–Crippen MR) is 209 cm³/mol. The molecule has 0 atom stereocenters. The second-order valence-corrected chi connectivity index (χ2v) is 15.5. The summed E-state index contributed by atoms with van der Waals surface area (Å²) in [5.74, 6) is 4.69. The molecule has 11 rings (SSSR count). The number of aromatic nitrogens is 3. The lowest BCUT2D eigenvalue weighted by molar-refractivity contribution is -0.00518. The lowest BCUT2D eigenvalue weighted by Gasteiger charge is -2.57. The summed E-state index contributed by atoms with van der Waals surface area (Å²) in [6, 6.07) is 51.1. The maximum absolute atomic E-state index is 9.47. The van der Waals surface area contributed by atoms with Crippen molar-refractivity contribution >= 4 is 10.8 Å². The predicted octanol–water partition coefficient (Wildman–Crippen LogP) is 11.7. The molecule has 1 heterocycles. The van der Waals surface area contributed by atoms with E-state index in [9.17, 15) is 5.26 Å². The fourth-order valence-electron chi connectivity index (χ4n) is 9.98. The molecule has 0 radical (unpaired) electrons. The molecule has 4 aliphatic carbocycles. The maximum atomic E-state index is 9.47. The van der Waals surface area contributed by atoms with E-state index in [0.717, 1.165) is 56.7 Å². The van der Waals surface area contributed by atoms with Crippen LogP contribution in [0.25, 0.3) is 67.2 Å². The quantitative estimate of drug-likeness (QED) is 0.177. The average Bonchev–Trinajstić information content (AvgIpc) is 3.20. The van der Waals surface area contributed by atoms with Crippen molar-refractivity contribution < 1.29 is 0 Å². The second kappa shape index (κ2) is 12.4. The van der Waals surface area contributed by atoms with Gasteiger partial charge in [0.2, 0.25) is 0 Å². The summed E-state index contributed by atoms with van der Waals surface area (Å²) in [7, 11) is 0. The Balaban J connectivity index is 1.10. The normalized spacial score (nSPS) is 21.6. The van der Waals surface area contributed by atoms with Crippen molar-refractivity contribution in [2.24, 2.45) is 17.8 Å². The first-order valence-electron chi connectivity index (χ1n) is 18.7. The summed E-state index contributed by atoms with van der Waals surface area (Å²) < 4.78 is 0. The zero-order valence-electron chi connectivity index (χ0n) is 29.0. The number of fused-ring (bicyclic) bond motifs is 1. The summed E-state index contributed by atoms with van der Waals surface area (Å²) in [6.45, 7) is 0. The van der Waals surface area contributed by atoms with Crippen molar-refractivity contribution in [3.05, 3.63) is 151 Å². The van der Waals surface area contributed by atoms with Crippen LogP contribution >= 0.6 is 0 Å². The molecule has 250 valence electrons. The number of hydrogen-bond acceptors (Lipinski definition) is 4. The molecule has 4 bridgehead atoms. The van der Waals surface area contributed by atoms with Crippen LogP contribution in [0.15, 0.2) is 140 Å². The van der Waals surface area contributed by atoms with E-state index in [1.54, 1.807) is 0 Å². The summed E-state index contributed by atoms with van der Waals surface area (Å²) >= 11 is 0. The lowest BCUT2D eigenvalue weighted by Crippen LogP contribution is -2.48. The standard InChI is InChI=1S/C48H38N4/c49-30-31-10-12-36(13-11-31)41-24-42(40-15-14-35-6-4-5-9-39(35)23-40)26-43(25-41)47-51-45(37-7-2-1-3-8-37)50-46(52-47)38-16-18-44(19-17-38)48-27-32-20-33(28-48)22-34(21-32)29-48/h1-19,23-26,32-34H,20-22,27-29H2. The molecule has 0 spiro atoms. The number of nitrogens with zero attached hydrogens (tertiary/aromatic N) is 4. The molecule has 4 aliphatic rings. The third-order valence-electron chi connectivity index (χ3n) is 12.1. The third kappa shape index (κ3) is 5.58. The van der Waals surface area contributed by atoms with Crippen LogP contribution in [0.4, 0.5) is 0 Å². The van der Waals surface area contributed by atoms with Crippen molar-refractivity contribution in [1.29, 1.82) is 5.26 Å². The Kier molecular flexibility index (Phi) is 7.35. The van der Waals surface area contributed by atoms with Gasteiger partial charge in [0.15, 0.2) is 17.5 Å². The topological polar surface area (TPSA) is 62.5 Å². The molecule has 0 aliphatic heterocycles. The molecule has 52 heavy (non-hydrogen) atoms. The first-order chi connectivity index (χ1) is 25.6. The van der Waals surface area contributed by atoms with Gasteiger partial charge in [-0.25, -0.2) is 15.0 Å². The van der Waals surface area contributed by atoms with Crippen molar-refractivity contribution in [2.75, 3.05) is 0 Å². The van der Waals surface area contributed by atoms with Gasteiger partial charge in [-0.1, -0.05) is 103 Å². The van der Waals surface area contributed by atoms with Gasteiger partial charge in [-0.15, -0.1) is 0 Å². The SMILES string of the molecule is N#Cc1ccc(-c2cc(-c3ccc4ccccc4c3)cc(-c3nc(-c4ccccc4)nc(-c4ccc(C56CC7CC(CC(C7)C5)C6)cc4)n3)c2)cc1. The van der Waals surface area contributed by atoms with Gasteiger partial charge < -0.3 is 0 Å². The Bertz CT molecular complexity index is 2460. The fraction of sp³-hybridized carbons (Fsp3) is 0.208. The molecule has 4 fully saturated rings. The van der Waals surface area contributed by atoms with E-state index >= 15 is 0 Å². The highest BCUT2D eigenvalue weighted by molar-refractivity contribution is 5.89. The van der Waals surface area contributed by atoms with Crippen molar-refractivity contribution in [3.63, 3.8) is 0 Å². The molecule has 0 N–H and O–H groups in total. The molecule has 6 aromatic carbocycles. The van der Waals surface area contributed by atoms with Gasteiger partial charge in [0, 0.05) is 16.7 Å². The molecular formula is C48H38N4. The third-order valence-corrected chi connectivity index (χ3v) is 12.1. The maximum Gasteiger partial charge on any atom is 0.164 e. The van der Waals surface area contributed by atoms with Gasteiger partial charge in [0.05, 0.1) is 11.6 Å². The molecule has 7 aromatic rings. The first-order valence-corrected chi connectivity index (χ1v) is 18.7. The minimum atomic E-state index is 0.345. The van der Waals surface area contributed by atoms with Crippen LogP contribution in [0.3, 0.4) is 0 Å². The highest BCUT2D eigenvalue weighted by Gasteiger charge is 2.51. The molecule has 0 saturated heterocycles. The Morgan fingerprint density at radius 3 is 1.58 bits per heavy atom. The minimum Gasteiger partial charge on any atom is -0.208 e. The summed E-state index contributed by atoms with van der Waals surface area (Å²) in [5.41, 5.74) is 9.62. The van der Waals surface area contributed by atoms with Crippen LogP contribution in [0.1, 0.15) is 49.7 Å². The molecule has 4 saturated carbocycles. The largest absolute Gasteiger partial charge is 0.208 e. The van der Waals surface area contributed by atoms with Crippen LogP contribution in [0.5, 0.6) is 0 Å². The first kappa shape index (κ1) is 30.9. The average molecular weight is 671 g/mol. The van der Waals surface area contributed by atoms with E-state index < -0.39 is 0 Å². The molecular weight excluding hydrogens is 633 g/mol. The van der Waals surface area contributed by atoms with E-state index in [4.69, 9.17) is 15.0 Å². The monoisotopic (exact) mass is 670 g/mol. The van der Waals surface area contributed by atoms with Crippen LogP contribution in [0.2, 0.25) is 0 Å². The Hall–Kier alpha value is -5.92. The van der Waals surface area contributed by atoms with Crippen molar-refractivity contribution in [3.8, 4) is 62.5 Å². The van der Waals surface area contributed by atoms with Crippen LogP contribution in [-0.2, 0) is 5.41 Å².